The van der Waals surface area contributed by atoms with E-state index >= 15 is 0 Å². The zero-order chi connectivity index (χ0) is 17.1. The van der Waals surface area contributed by atoms with Crippen molar-refractivity contribution >= 4 is 43.5 Å². The summed E-state index contributed by atoms with van der Waals surface area (Å²) in [5, 5.41) is 2.97. The number of carbonyl (C=O) groups is 1. The monoisotopic (exact) mass is 439 g/mol. The van der Waals surface area contributed by atoms with Crippen LogP contribution in [0.15, 0.2) is 39.3 Å². The second kappa shape index (κ2) is 7.49. The molecule has 23 heavy (non-hydrogen) atoms. The van der Waals surface area contributed by atoms with Crippen LogP contribution >= 0.6 is 31.9 Å². The number of ether oxygens (including phenoxy) is 1. The van der Waals surface area contributed by atoms with Crippen molar-refractivity contribution in [2.45, 2.75) is 33.8 Å². The third kappa shape index (κ3) is 4.58. The zero-order valence-electron chi connectivity index (χ0n) is 13.5. The van der Waals surface area contributed by atoms with Crippen LogP contribution in [0.25, 0.3) is 0 Å². The molecule has 0 spiro atoms. The fourth-order valence-corrected chi connectivity index (χ4v) is 3.56. The van der Waals surface area contributed by atoms with Crippen LogP contribution < -0.4 is 10.1 Å². The lowest BCUT2D eigenvalue weighted by Gasteiger charge is -2.18. The molecule has 1 amide bonds. The Morgan fingerprint density at radius 2 is 1.70 bits per heavy atom. The molecule has 2 aromatic carbocycles. The lowest BCUT2D eigenvalue weighted by Crippen LogP contribution is -2.30. The highest BCUT2D eigenvalue weighted by Crippen LogP contribution is 2.29. The van der Waals surface area contributed by atoms with Gasteiger partial charge in [0.15, 0.2) is 6.10 Å². The summed E-state index contributed by atoms with van der Waals surface area (Å²) >= 11 is 6.83. The van der Waals surface area contributed by atoms with Crippen molar-refractivity contribution in [3.05, 3.63) is 56.0 Å². The number of carbonyl (C=O) groups excluding carboxylic acids is 1. The van der Waals surface area contributed by atoms with Crippen LogP contribution in [-0.2, 0) is 4.79 Å². The number of anilines is 1. The first-order valence-corrected chi connectivity index (χ1v) is 8.87. The van der Waals surface area contributed by atoms with Crippen molar-refractivity contribution in [1.29, 1.82) is 0 Å². The molecule has 0 aliphatic heterocycles. The number of aryl methyl sites for hydroxylation is 3. The predicted molar refractivity (Wildman–Crippen MR) is 101 cm³/mol. The molecule has 0 fully saturated rings. The number of amides is 1. The van der Waals surface area contributed by atoms with Crippen molar-refractivity contribution in [3.63, 3.8) is 0 Å². The van der Waals surface area contributed by atoms with Gasteiger partial charge in [0.25, 0.3) is 5.91 Å². The maximum atomic E-state index is 12.4. The molecule has 1 atom stereocenters. The molecule has 1 N–H and O–H groups in total. The van der Waals surface area contributed by atoms with Gasteiger partial charge < -0.3 is 10.1 Å². The van der Waals surface area contributed by atoms with E-state index in [1.54, 1.807) is 6.92 Å². The Bertz CT molecular complexity index is 721. The summed E-state index contributed by atoms with van der Waals surface area (Å²) in [5.41, 5.74) is 4.13. The summed E-state index contributed by atoms with van der Waals surface area (Å²) in [5.74, 6) is 0.461. The quantitative estimate of drug-likeness (QED) is 0.677. The highest BCUT2D eigenvalue weighted by molar-refractivity contribution is 9.11. The minimum absolute atomic E-state index is 0.171. The molecule has 122 valence electrons. The highest BCUT2D eigenvalue weighted by Gasteiger charge is 2.18. The average molecular weight is 441 g/mol. The number of rotatable bonds is 4. The predicted octanol–water partition coefficient (Wildman–Crippen LogP) is 5.54. The van der Waals surface area contributed by atoms with Crippen molar-refractivity contribution < 1.29 is 9.53 Å². The van der Waals surface area contributed by atoms with E-state index < -0.39 is 6.10 Å². The standard InChI is InChI=1S/C18H19Br2NO2/c1-10-7-11(2)17(12(3)8-10)21-18(22)13(4)23-16-6-5-14(19)9-15(16)20/h5-9,13H,1-4H3,(H,21,22). The molecule has 0 bridgehead atoms. The van der Waals surface area contributed by atoms with Gasteiger partial charge in [-0.3, -0.25) is 4.79 Å². The van der Waals surface area contributed by atoms with E-state index in [4.69, 9.17) is 4.74 Å². The normalized spacial score (nSPS) is 11.9. The Hall–Kier alpha value is -1.33. The number of nitrogens with one attached hydrogen (secondary N) is 1. The third-order valence-corrected chi connectivity index (χ3v) is 4.61. The van der Waals surface area contributed by atoms with E-state index in [-0.39, 0.29) is 5.91 Å². The van der Waals surface area contributed by atoms with Crippen molar-refractivity contribution in [1.82, 2.24) is 0 Å². The van der Waals surface area contributed by atoms with E-state index in [9.17, 15) is 4.79 Å². The molecule has 0 aliphatic rings. The Kier molecular flexibility index (Phi) is 5.87. The van der Waals surface area contributed by atoms with Gasteiger partial charge in [-0.1, -0.05) is 33.6 Å². The van der Waals surface area contributed by atoms with Crippen LogP contribution in [0, 0.1) is 20.8 Å². The maximum Gasteiger partial charge on any atom is 0.265 e. The van der Waals surface area contributed by atoms with Crippen molar-refractivity contribution in [3.8, 4) is 5.75 Å². The molecule has 0 aromatic heterocycles. The Labute approximate surface area is 153 Å². The molecule has 0 saturated heterocycles. The molecule has 2 rings (SSSR count). The Morgan fingerprint density at radius 1 is 1.09 bits per heavy atom. The van der Waals surface area contributed by atoms with Gasteiger partial charge >= 0.3 is 0 Å². The summed E-state index contributed by atoms with van der Waals surface area (Å²) in [7, 11) is 0. The van der Waals surface area contributed by atoms with Crippen molar-refractivity contribution in [2.24, 2.45) is 0 Å². The number of hydrogen-bond acceptors (Lipinski definition) is 2. The molecule has 3 nitrogen and oxygen atoms in total. The third-order valence-electron chi connectivity index (χ3n) is 3.49. The van der Waals surface area contributed by atoms with E-state index in [0.29, 0.717) is 5.75 Å². The van der Waals surface area contributed by atoms with Gasteiger partial charge in [0.1, 0.15) is 5.75 Å². The van der Waals surface area contributed by atoms with Gasteiger partial charge in [-0.2, -0.15) is 0 Å². The molecule has 0 aliphatic carbocycles. The van der Waals surface area contributed by atoms with E-state index in [1.165, 1.54) is 5.56 Å². The van der Waals surface area contributed by atoms with Gasteiger partial charge in [0.05, 0.1) is 4.47 Å². The van der Waals surface area contributed by atoms with Crippen LogP contribution in [0.5, 0.6) is 5.75 Å². The first-order chi connectivity index (χ1) is 10.8. The summed E-state index contributed by atoms with van der Waals surface area (Å²) in [4.78, 5) is 12.4. The Balaban J connectivity index is 2.11. The molecule has 0 saturated carbocycles. The van der Waals surface area contributed by atoms with Crippen molar-refractivity contribution in [2.75, 3.05) is 5.32 Å². The molecular formula is C18H19Br2NO2. The topological polar surface area (TPSA) is 38.3 Å². The maximum absolute atomic E-state index is 12.4. The van der Waals surface area contributed by atoms with E-state index in [2.05, 4.69) is 49.3 Å². The smallest absolute Gasteiger partial charge is 0.265 e. The van der Waals surface area contributed by atoms with Gasteiger partial charge in [-0.15, -0.1) is 0 Å². The van der Waals surface area contributed by atoms with E-state index in [1.807, 2.05) is 39.0 Å². The number of benzene rings is 2. The van der Waals surface area contributed by atoms with Crippen LogP contribution in [0.2, 0.25) is 0 Å². The summed E-state index contributed by atoms with van der Waals surface area (Å²) in [6, 6.07) is 9.69. The second-order valence-corrected chi connectivity index (χ2v) is 7.37. The van der Waals surface area contributed by atoms with Crippen LogP contribution in [0.3, 0.4) is 0 Å². The second-order valence-electron chi connectivity index (χ2n) is 5.60. The number of hydrogen-bond donors (Lipinski definition) is 1. The van der Waals surface area contributed by atoms with E-state index in [0.717, 1.165) is 25.8 Å². The van der Waals surface area contributed by atoms with Gasteiger partial charge in [0, 0.05) is 10.2 Å². The van der Waals surface area contributed by atoms with Gasteiger partial charge in [-0.25, -0.2) is 0 Å². The largest absolute Gasteiger partial charge is 0.480 e. The SMILES string of the molecule is Cc1cc(C)c(NC(=O)C(C)Oc2ccc(Br)cc2Br)c(C)c1. The molecule has 2 aromatic rings. The van der Waals surface area contributed by atoms with Crippen LogP contribution in [0.4, 0.5) is 5.69 Å². The molecule has 5 heteroatoms. The molecule has 0 radical (unpaired) electrons. The highest BCUT2D eigenvalue weighted by atomic mass is 79.9. The first-order valence-electron chi connectivity index (χ1n) is 7.28. The fraction of sp³-hybridized carbons (Fsp3) is 0.278. The average Bonchev–Trinajstić information content (AvgIpc) is 2.45. The lowest BCUT2D eigenvalue weighted by atomic mass is 10.0. The summed E-state index contributed by atoms with van der Waals surface area (Å²) < 4.78 is 7.50. The Morgan fingerprint density at radius 3 is 2.26 bits per heavy atom. The molecule has 1 unspecified atom stereocenters. The number of halogens is 2. The summed E-state index contributed by atoms with van der Waals surface area (Å²) in [6.45, 7) is 7.77. The molecule has 0 heterocycles. The summed E-state index contributed by atoms with van der Waals surface area (Å²) in [6.07, 6.45) is -0.604. The minimum Gasteiger partial charge on any atom is -0.480 e. The van der Waals surface area contributed by atoms with Crippen LogP contribution in [-0.4, -0.2) is 12.0 Å². The minimum atomic E-state index is -0.604. The van der Waals surface area contributed by atoms with Crippen LogP contribution in [0.1, 0.15) is 23.6 Å². The first kappa shape index (κ1) is 18.0. The molecular weight excluding hydrogens is 422 g/mol. The van der Waals surface area contributed by atoms with Gasteiger partial charge in [0.2, 0.25) is 0 Å². The fourth-order valence-electron chi connectivity index (χ4n) is 2.42. The van der Waals surface area contributed by atoms with Gasteiger partial charge in [-0.05, 0) is 73.0 Å². The lowest BCUT2D eigenvalue weighted by molar-refractivity contribution is -0.122. The zero-order valence-corrected chi connectivity index (χ0v) is 16.7.